The predicted octanol–water partition coefficient (Wildman–Crippen LogP) is 3.91. The van der Waals surface area contributed by atoms with Crippen LogP contribution in [0.3, 0.4) is 0 Å². The second kappa shape index (κ2) is 6.73. The number of amides is 1. The number of hydrogen-bond donors (Lipinski definition) is 0. The van der Waals surface area contributed by atoms with Gasteiger partial charge < -0.3 is 9.42 Å². The molecule has 0 bridgehead atoms. The van der Waals surface area contributed by atoms with Gasteiger partial charge in [0.05, 0.1) is 11.7 Å². The van der Waals surface area contributed by atoms with Crippen molar-refractivity contribution in [1.29, 1.82) is 0 Å². The van der Waals surface area contributed by atoms with Gasteiger partial charge in [-0.3, -0.25) is 4.79 Å². The van der Waals surface area contributed by atoms with Crippen LogP contribution in [-0.4, -0.2) is 22.5 Å². The second-order valence-electron chi connectivity index (χ2n) is 5.23. The highest BCUT2D eigenvalue weighted by Crippen LogP contribution is 2.25. The van der Waals surface area contributed by atoms with Gasteiger partial charge in [0, 0.05) is 6.54 Å². The summed E-state index contributed by atoms with van der Waals surface area (Å²) in [4.78, 5) is 14.6. The molecule has 118 valence electrons. The van der Waals surface area contributed by atoms with Crippen LogP contribution >= 0.6 is 0 Å². The Morgan fingerprint density at radius 1 is 1.32 bits per heavy atom. The number of carbonyl (C=O) groups is 1. The Kier molecular flexibility index (Phi) is 4.96. The molecule has 0 radical (unpaired) electrons. The zero-order valence-electron chi connectivity index (χ0n) is 13.4. The summed E-state index contributed by atoms with van der Waals surface area (Å²) in [6.45, 7) is 8.09. The maximum atomic E-state index is 13.1. The van der Waals surface area contributed by atoms with Crippen LogP contribution in [0.2, 0.25) is 0 Å². The highest BCUT2D eigenvalue weighted by Gasteiger charge is 2.27. The van der Waals surface area contributed by atoms with Crippen molar-refractivity contribution in [2.75, 3.05) is 6.54 Å². The van der Waals surface area contributed by atoms with Gasteiger partial charge in [-0.15, -0.1) is 0 Å². The quantitative estimate of drug-likeness (QED) is 0.841. The Morgan fingerprint density at radius 2 is 1.95 bits per heavy atom. The molecule has 1 aromatic heterocycles. The summed E-state index contributed by atoms with van der Waals surface area (Å²) < 4.78 is 18.2. The minimum absolute atomic E-state index is 0.102. The van der Waals surface area contributed by atoms with Gasteiger partial charge in [-0.2, -0.15) is 0 Å². The molecule has 5 heteroatoms. The van der Waals surface area contributed by atoms with Gasteiger partial charge in [-0.1, -0.05) is 24.2 Å². The molecule has 1 amide bonds. The summed E-state index contributed by atoms with van der Waals surface area (Å²) in [6, 6.07) is 6.07. The topological polar surface area (TPSA) is 46.3 Å². The van der Waals surface area contributed by atoms with Crippen LogP contribution in [0.5, 0.6) is 0 Å². The molecule has 1 unspecified atom stereocenters. The van der Waals surface area contributed by atoms with Crippen LogP contribution < -0.4 is 0 Å². The van der Waals surface area contributed by atoms with E-state index < -0.39 is 0 Å². The van der Waals surface area contributed by atoms with E-state index in [0.717, 1.165) is 5.56 Å². The zero-order valence-corrected chi connectivity index (χ0v) is 13.4. The van der Waals surface area contributed by atoms with Crippen molar-refractivity contribution in [3.8, 4) is 0 Å². The van der Waals surface area contributed by atoms with E-state index in [1.807, 2.05) is 20.8 Å². The van der Waals surface area contributed by atoms with E-state index in [9.17, 15) is 9.18 Å². The SMILES string of the molecule is CCc1noc(C)c1C(=O)N(CC)C(C)c1ccc(F)cc1. The van der Waals surface area contributed by atoms with Gasteiger partial charge >= 0.3 is 0 Å². The molecule has 4 nitrogen and oxygen atoms in total. The van der Waals surface area contributed by atoms with E-state index in [0.29, 0.717) is 30.0 Å². The monoisotopic (exact) mass is 304 g/mol. The van der Waals surface area contributed by atoms with Gasteiger partial charge in [0.2, 0.25) is 0 Å². The van der Waals surface area contributed by atoms with E-state index in [1.165, 1.54) is 12.1 Å². The van der Waals surface area contributed by atoms with Crippen LogP contribution in [0.25, 0.3) is 0 Å². The lowest BCUT2D eigenvalue weighted by atomic mass is 10.0. The Hall–Kier alpha value is -2.17. The number of halogens is 1. The fraction of sp³-hybridized carbons (Fsp3) is 0.412. The largest absolute Gasteiger partial charge is 0.361 e. The third-order valence-electron chi connectivity index (χ3n) is 3.90. The third kappa shape index (κ3) is 3.03. The van der Waals surface area contributed by atoms with Gasteiger partial charge in [-0.25, -0.2) is 4.39 Å². The van der Waals surface area contributed by atoms with Crippen LogP contribution in [0.4, 0.5) is 4.39 Å². The molecule has 0 aliphatic rings. The molecule has 1 heterocycles. The molecule has 1 aromatic carbocycles. The maximum absolute atomic E-state index is 13.1. The fourth-order valence-corrected chi connectivity index (χ4v) is 2.59. The summed E-state index contributed by atoms with van der Waals surface area (Å²) in [5.74, 6) is 0.148. The molecule has 22 heavy (non-hydrogen) atoms. The van der Waals surface area contributed by atoms with Crippen molar-refractivity contribution in [3.05, 3.63) is 52.7 Å². The van der Waals surface area contributed by atoms with Crippen molar-refractivity contribution in [1.82, 2.24) is 10.1 Å². The number of rotatable bonds is 5. The Bertz CT molecular complexity index is 649. The molecule has 0 aliphatic heterocycles. The summed E-state index contributed by atoms with van der Waals surface area (Å²) >= 11 is 0. The molecule has 0 saturated heterocycles. The van der Waals surface area contributed by atoms with E-state index in [1.54, 1.807) is 24.0 Å². The maximum Gasteiger partial charge on any atom is 0.259 e. The Morgan fingerprint density at radius 3 is 2.50 bits per heavy atom. The normalized spacial score (nSPS) is 12.2. The fourth-order valence-electron chi connectivity index (χ4n) is 2.59. The smallest absolute Gasteiger partial charge is 0.259 e. The lowest BCUT2D eigenvalue weighted by Gasteiger charge is -2.28. The molecule has 2 aromatic rings. The molecule has 0 N–H and O–H groups in total. The van der Waals surface area contributed by atoms with Crippen LogP contribution in [0, 0.1) is 12.7 Å². The van der Waals surface area contributed by atoms with Gasteiger partial charge in [0.25, 0.3) is 5.91 Å². The number of benzene rings is 1. The van der Waals surface area contributed by atoms with Gasteiger partial charge in [0.1, 0.15) is 17.1 Å². The van der Waals surface area contributed by atoms with Crippen molar-refractivity contribution in [2.24, 2.45) is 0 Å². The molecular weight excluding hydrogens is 283 g/mol. The van der Waals surface area contributed by atoms with Crippen molar-refractivity contribution in [3.63, 3.8) is 0 Å². The molecule has 0 fully saturated rings. The number of hydrogen-bond acceptors (Lipinski definition) is 3. The van der Waals surface area contributed by atoms with Crippen LogP contribution in [0.15, 0.2) is 28.8 Å². The molecule has 2 rings (SSSR count). The summed E-state index contributed by atoms with van der Waals surface area (Å²) in [7, 11) is 0. The molecule has 1 atom stereocenters. The summed E-state index contributed by atoms with van der Waals surface area (Å²) in [5.41, 5.74) is 2.11. The first-order chi connectivity index (χ1) is 10.5. The van der Waals surface area contributed by atoms with Gasteiger partial charge in [0.15, 0.2) is 0 Å². The Labute approximate surface area is 129 Å². The average Bonchev–Trinajstić information content (AvgIpc) is 2.89. The van der Waals surface area contributed by atoms with E-state index >= 15 is 0 Å². The Balaban J connectivity index is 2.32. The summed E-state index contributed by atoms with van der Waals surface area (Å²) in [6.07, 6.45) is 0.640. The lowest BCUT2D eigenvalue weighted by Crippen LogP contribution is -2.34. The first kappa shape index (κ1) is 16.2. The lowest BCUT2D eigenvalue weighted by molar-refractivity contribution is 0.0699. The van der Waals surface area contributed by atoms with E-state index in [4.69, 9.17) is 4.52 Å². The zero-order chi connectivity index (χ0) is 16.3. The molecule has 0 aliphatic carbocycles. The minimum Gasteiger partial charge on any atom is -0.361 e. The first-order valence-electron chi connectivity index (χ1n) is 7.51. The van der Waals surface area contributed by atoms with Crippen LogP contribution in [0.1, 0.15) is 54.2 Å². The summed E-state index contributed by atoms with van der Waals surface area (Å²) in [5, 5.41) is 3.94. The number of aromatic nitrogens is 1. The predicted molar refractivity (Wildman–Crippen MR) is 82.1 cm³/mol. The number of nitrogens with zero attached hydrogens (tertiary/aromatic N) is 2. The molecule has 0 spiro atoms. The van der Waals surface area contributed by atoms with E-state index in [-0.39, 0.29) is 17.8 Å². The average molecular weight is 304 g/mol. The minimum atomic E-state index is -0.284. The third-order valence-corrected chi connectivity index (χ3v) is 3.90. The molecule has 0 saturated carbocycles. The number of carbonyl (C=O) groups excluding carboxylic acids is 1. The molecular formula is C17H21FN2O2. The van der Waals surface area contributed by atoms with Crippen molar-refractivity contribution < 1.29 is 13.7 Å². The second-order valence-corrected chi connectivity index (χ2v) is 5.23. The van der Waals surface area contributed by atoms with Crippen molar-refractivity contribution >= 4 is 5.91 Å². The highest BCUT2D eigenvalue weighted by molar-refractivity contribution is 5.96. The first-order valence-corrected chi connectivity index (χ1v) is 7.51. The standard InChI is InChI=1S/C17H21FN2O2/c1-5-15-16(12(4)22-19-15)17(21)20(6-2)11(3)13-7-9-14(18)10-8-13/h7-11H,5-6H2,1-4H3. The van der Waals surface area contributed by atoms with Crippen molar-refractivity contribution in [2.45, 2.75) is 40.2 Å². The van der Waals surface area contributed by atoms with Crippen LogP contribution in [-0.2, 0) is 6.42 Å². The van der Waals surface area contributed by atoms with E-state index in [2.05, 4.69) is 5.16 Å². The van der Waals surface area contributed by atoms with Gasteiger partial charge in [-0.05, 0) is 44.9 Å². The highest BCUT2D eigenvalue weighted by atomic mass is 19.1. The number of aryl methyl sites for hydroxylation is 2.